The Hall–Kier alpha value is -1.82. The first-order valence-electron chi connectivity index (χ1n) is 5.82. The van der Waals surface area contributed by atoms with Crippen molar-refractivity contribution in [2.45, 2.75) is 20.4 Å². The van der Waals surface area contributed by atoms with Crippen molar-refractivity contribution < 1.29 is 13.9 Å². The molecule has 5 nitrogen and oxygen atoms in total. The number of furan rings is 1. The number of hydrogen-bond donors (Lipinski definition) is 0. The van der Waals surface area contributed by atoms with E-state index in [0.717, 1.165) is 16.5 Å². The van der Waals surface area contributed by atoms with Gasteiger partial charge < -0.3 is 14.1 Å². The van der Waals surface area contributed by atoms with Crippen molar-refractivity contribution in [3.05, 3.63) is 34.2 Å². The van der Waals surface area contributed by atoms with E-state index in [0.29, 0.717) is 17.1 Å². The van der Waals surface area contributed by atoms with E-state index in [1.54, 1.807) is 6.26 Å². The molecule has 6 heteroatoms. The fourth-order valence-electron chi connectivity index (χ4n) is 1.73. The Labute approximate surface area is 115 Å². The molecule has 0 saturated heterocycles. The Kier molecular flexibility index (Phi) is 3.90. The van der Waals surface area contributed by atoms with Gasteiger partial charge >= 0.3 is 5.97 Å². The summed E-state index contributed by atoms with van der Waals surface area (Å²) < 4.78 is 10.0. The minimum atomic E-state index is -0.339. The minimum Gasteiger partial charge on any atom is -0.469 e. The van der Waals surface area contributed by atoms with Crippen molar-refractivity contribution in [1.82, 2.24) is 4.98 Å². The van der Waals surface area contributed by atoms with E-state index in [4.69, 9.17) is 9.15 Å². The van der Waals surface area contributed by atoms with Gasteiger partial charge in [-0.2, -0.15) is 0 Å². The molecule has 0 spiro atoms. The zero-order valence-electron chi connectivity index (χ0n) is 11.4. The van der Waals surface area contributed by atoms with Crippen molar-refractivity contribution in [3.8, 4) is 0 Å². The second-order valence-corrected chi connectivity index (χ2v) is 5.24. The number of thiazole rings is 1. The van der Waals surface area contributed by atoms with E-state index in [1.807, 2.05) is 31.9 Å². The van der Waals surface area contributed by atoms with E-state index in [2.05, 4.69) is 4.98 Å². The number of hydrogen-bond acceptors (Lipinski definition) is 6. The van der Waals surface area contributed by atoms with Gasteiger partial charge in [-0.3, -0.25) is 0 Å². The van der Waals surface area contributed by atoms with E-state index < -0.39 is 0 Å². The molecule has 0 aliphatic carbocycles. The summed E-state index contributed by atoms with van der Waals surface area (Å²) in [7, 11) is 3.31. The highest BCUT2D eigenvalue weighted by Crippen LogP contribution is 2.27. The average Bonchev–Trinajstić information content (AvgIpc) is 2.95. The van der Waals surface area contributed by atoms with Crippen LogP contribution in [0.2, 0.25) is 0 Å². The van der Waals surface area contributed by atoms with Crippen molar-refractivity contribution in [1.29, 1.82) is 0 Å². The molecule has 0 aromatic carbocycles. The molecule has 0 aliphatic heterocycles. The second-order valence-electron chi connectivity index (χ2n) is 4.26. The maximum Gasteiger partial charge on any atom is 0.350 e. The quantitative estimate of drug-likeness (QED) is 0.806. The topological polar surface area (TPSA) is 55.6 Å². The maximum atomic E-state index is 11.6. The predicted octanol–water partition coefficient (Wildman–Crippen LogP) is 2.78. The lowest BCUT2D eigenvalue weighted by atomic mass is 10.2. The molecule has 0 N–H and O–H groups in total. The predicted molar refractivity (Wildman–Crippen MR) is 73.7 cm³/mol. The van der Waals surface area contributed by atoms with Crippen LogP contribution in [-0.4, -0.2) is 25.1 Å². The molecule has 0 amide bonds. The van der Waals surface area contributed by atoms with Crippen LogP contribution in [0.15, 0.2) is 16.7 Å². The second kappa shape index (κ2) is 5.44. The molecule has 19 heavy (non-hydrogen) atoms. The number of carbonyl (C=O) groups excluding carboxylic acids is 1. The van der Waals surface area contributed by atoms with E-state index in [-0.39, 0.29) is 5.97 Å². The summed E-state index contributed by atoms with van der Waals surface area (Å²) in [4.78, 5) is 18.5. The summed E-state index contributed by atoms with van der Waals surface area (Å²) in [6.07, 6.45) is 1.67. The molecule has 0 unspecified atom stereocenters. The van der Waals surface area contributed by atoms with Crippen molar-refractivity contribution in [2.24, 2.45) is 0 Å². The molecule has 0 aliphatic rings. The first-order valence-corrected chi connectivity index (χ1v) is 6.64. The van der Waals surface area contributed by atoms with Crippen molar-refractivity contribution in [3.63, 3.8) is 0 Å². The van der Waals surface area contributed by atoms with Crippen LogP contribution in [0, 0.1) is 13.8 Å². The SMILES string of the molecule is COC(=O)c1sc(N(C)Cc2ccoc2C)nc1C. The molecule has 0 saturated carbocycles. The number of anilines is 1. The lowest BCUT2D eigenvalue weighted by Crippen LogP contribution is -2.16. The van der Waals surface area contributed by atoms with Gasteiger partial charge in [0.1, 0.15) is 10.6 Å². The fraction of sp³-hybridized carbons (Fsp3) is 0.385. The van der Waals surface area contributed by atoms with E-state index >= 15 is 0 Å². The summed E-state index contributed by atoms with van der Waals surface area (Å²) in [5.74, 6) is 0.558. The Morgan fingerprint density at radius 2 is 2.26 bits per heavy atom. The smallest absolute Gasteiger partial charge is 0.350 e. The lowest BCUT2D eigenvalue weighted by molar-refractivity contribution is 0.0605. The maximum absolute atomic E-state index is 11.6. The molecule has 0 fully saturated rings. The molecule has 2 aromatic heterocycles. The van der Waals surface area contributed by atoms with Gasteiger partial charge in [0.2, 0.25) is 0 Å². The molecule has 0 atom stereocenters. The molecule has 2 rings (SSSR count). The average molecular weight is 280 g/mol. The van der Waals surface area contributed by atoms with Crippen LogP contribution in [-0.2, 0) is 11.3 Å². The third-order valence-electron chi connectivity index (χ3n) is 2.86. The van der Waals surface area contributed by atoms with Crippen LogP contribution < -0.4 is 4.90 Å². The van der Waals surface area contributed by atoms with Gasteiger partial charge in [-0.15, -0.1) is 0 Å². The number of ether oxygens (including phenoxy) is 1. The third-order valence-corrected chi connectivity index (χ3v) is 4.11. The summed E-state index contributed by atoms with van der Waals surface area (Å²) in [6, 6.07) is 1.94. The van der Waals surface area contributed by atoms with Gasteiger partial charge in [0.15, 0.2) is 5.13 Å². The van der Waals surface area contributed by atoms with E-state index in [9.17, 15) is 4.79 Å². The molecule has 0 radical (unpaired) electrons. The number of nitrogens with zero attached hydrogens (tertiary/aromatic N) is 2. The van der Waals surface area contributed by atoms with Crippen molar-refractivity contribution in [2.75, 3.05) is 19.1 Å². The number of rotatable bonds is 4. The first-order chi connectivity index (χ1) is 9.02. The molecular formula is C13H16N2O3S. The number of methoxy groups -OCH3 is 1. The zero-order valence-corrected chi connectivity index (χ0v) is 12.2. The zero-order chi connectivity index (χ0) is 14.0. The normalized spacial score (nSPS) is 10.5. The number of aromatic nitrogens is 1. The Morgan fingerprint density at radius 3 is 2.84 bits per heavy atom. The van der Waals surface area contributed by atoms with Gasteiger partial charge in [-0.1, -0.05) is 11.3 Å². The summed E-state index contributed by atoms with van der Waals surface area (Å²) >= 11 is 1.34. The van der Waals surface area contributed by atoms with Crippen LogP contribution in [0.4, 0.5) is 5.13 Å². The largest absolute Gasteiger partial charge is 0.469 e. The Bertz CT molecular complexity index is 588. The number of esters is 1. The van der Waals surface area contributed by atoms with E-state index in [1.165, 1.54) is 18.4 Å². The van der Waals surface area contributed by atoms with Gasteiger partial charge in [-0.25, -0.2) is 9.78 Å². The monoisotopic (exact) mass is 280 g/mol. The molecule has 2 heterocycles. The highest BCUT2D eigenvalue weighted by atomic mass is 32.1. The first kappa shape index (κ1) is 13.6. The highest BCUT2D eigenvalue weighted by Gasteiger charge is 2.18. The fourth-order valence-corrected chi connectivity index (χ4v) is 2.67. The van der Waals surface area contributed by atoms with Crippen LogP contribution >= 0.6 is 11.3 Å². The van der Waals surface area contributed by atoms with Gasteiger partial charge in [0.05, 0.1) is 19.1 Å². The standard InChI is InChI=1S/C13H16N2O3S/c1-8-11(12(16)17-4)19-13(14-8)15(3)7-10-5-6-18-9(10)2/h5-6H,7H2,1-4H3. The molecule has 0 bridgehead atoms. The summed E-state index contributed by atoms with van der Waals surface area (Å²) in [5, 5.41) is 0.790. The third kappa shape index (κ3) is 2.78. The molecule has 102 valence electrons. The van der Waals surface area contributed by atoms with Crippen LogP contribution in [0.3, 0.4) is 0 Å². The van der Waals surface area contributed by atoms with Crippen LogP contribution in [0.1, 0.15) is 26.7 Å². The van der Waals surface area contributed by atoms with Gasteiger partial charge in [0, 0.05) is 19.2 Å². The number of aryl methyl sites for hydroxylation is 2. The minimum absolute atomic E-state index is 0.339. The highest BCUT2D eigenvalue weighted by molar-refractivity contribution is 7.17. The lowest BCUT2D eigenvalue weighted by Gasteiger charge is -2.14. The van der Waals surface area contributed by atoms with Gasteiger partial charge in [0.25, 0.3) is 0 Å². The number of carbonyl (C=O) groups is 1. The van der Waals surface area contributed by atoms with Crippen molar-refractivity contribution >= 4 is 22.4 Å². The summed E-state index contributed by atoms with van der Waals surface area (Å²) in [5.41, 5.74) is 1.80. The Balaban J connectivity index is 2.18. The van der Waals surface area contributed by atoms with Crippen LogP contribution in [0.5, 0.6) is 0 Å². The Morgan fingerprint density at radius 1 is 1.53 bits per heavy atom. The molecular weight excluding hydrogens is 264 g/mol. The summed E-state index contributed by atoms with van der Waals surface area (Å²) in [6.45, 7) is 4.43. The van der Waals surface area contributed by atoms with Gasteiger partial charge in [-0.05, 0) is 19.9 Å². The molecule has 2 aromatic rings. The van der Waals surface area contributed by atoms with Crippen LogP contribution in [0.25, 0.3) is 0 Å².